The Hall–Kier alpha value is 0.0269. The van der Waals surface area contributed by atoms with Crippen LogP contribution >= 0.6 is 22.6 Å². The molecule has 0 amide bonds. The molecule has 0 aromatic heterocycles. The highest BCUT2D eigenvalue weighted by Gasteiger charge is 2.26. The van der Waals surface area contributed by atoms with E-state index in [0.717, 1.165) is 30.2 Å². The molecule has 1 aromatic carbocycles. The molecule has 1 aromatic rings. The number of rotatable bonds is 6. The van der Waals surface area contributed by atoms with Crippen LogP contribution in [0.5, 0.6) is 0 Å². The minimum atomic E-state index is -0.398. The lowest BCUT2D eigenvalue weighted by Gasteiger charge is -2.32. The quantitative estimate of drug-likeness (QED) is 0.218. The summed E-state index contributed by atoms with van der Waals surface area (Å²) in [6.07, 6.45) is 11.9. The standard InChI is InChI=1S/C22H33F2ISi/c1-2-11-26-12-9-17(10-13-26)4-3-16-5-7-18(8-6-16)19-14-20(23)22(25)21(24)15-19/h14-18,26H,2-13H2,1H3/t16-,17-,18-,26-. The highest BCUT2D eigenvalue weighted by Crippen LogP contribution is 2.40. The van der Waals surface area contributed by atoms with Crippen molar-refractivity contribution in [2.75, 3.05) is 0 Å². The minimum Gasteiger partial charge on any atom is -0.206 e. The molecule has 1 heterocycles. The molecule has 0 bridgehead atoms. The Morgan fingerprint density at radius 2 is 1.46 bits per heavy atom. The van der Waals surface area contributed by atoms with E-state index in [-0.39, 0.29) is 12.4 Å². The zero-order chi connectivity index (χ0) is 18.5. The average Bonchev–Trinajstić information content (AvgIpc) is 2.66. The number of halogens is 3. The van der Waals surface area contributed by atoms with E-state index in [1.165, 1.54) is 44.9 Å². The van der Waals surface area contributed by atoms with E-state index < -0.39 is 11.6 Å². The predicted molar refractivity (Wildman–Crippen MR) is 118 cm³/mol. The molecule has 2 fully saturated rings. The van der Waals surface area contributed by atoms with Crippen molar-refractivity contribution >= 4 is 31.4 Å². The van der Waals surface area contributed by atoms with E-state index in [0.29, 0.717) is 5.92 Å². The lowest BCUT2D eigenvalue weighted by molar-refractivity contribution is 0.279. The van der Waals surface area contributed by atoms with Gasteiger partial charge in [-0.05, 0) is 83.7 Å². The summed E-state index contributed by atoms with van der Waals surface area (Å²) < 4.78 is 27.8. The summed E-state index contributed by atoms with van der Waals surface area (Å²) in [5.74, 6) is 1.39. The van der Waals surface area contributed by atoms with Crippen LogP contribution in [0.2, 0.25) is 18.1 Å². The van der Waals surface area contributed by atoms with Gasteiger partial charge in [-0.25, -0.2) is 8.78 Å². The van der Waals surface area contributed by atoms with Crippen molar-refractivity contribution in [2.45, 2.75) is 88.8 Å². The summed E-state index contributed by atoms with van der Waals surface area (Å²) in [6.45, 7) is 2.34. The van der Waals surface area contributed by atoms with Gasteiger partial charge in [-0.2, -0.15) is 0 Å². The van der Waals surface area contributed by atoms with Crippen molar-refractivity contribution in [1.82, 2.24) is 0 Å². The van der Waals surface area contributed by atoms with Crippen LogP contribution in [-0.4, -0.2) is 8.80 Å². The molecule has 2 aliphatic rings. The maximum absolute atomic E-state index is 13.8. The first-order valence-electron chi connectivity index (χ1n) is 10.7. The second-order valence-corrected chi connectivity index (χ2v) is 13.3. The Balaban J connectivity index is 1.40. The van der Waals surface area contributed by atoms with Crippen LogP contribution in [0.1, 0.15) is 76.2 Å². The van der Waals surface area contributed by atoms with E-state index in [4.69, 9.17) is 0 Å². The van der Waals surface area contributed by atoms with Crippen molar-refractivity contribution in [3.05, 3.63) is 32.9 Å². The first kappa shape index (κ1) is 20.8. The third-order valence-electron chi connectivity index (χ3n) is 6.97. The maximum Gasteiger partial charge on any atom is 0.139 e. The van der Waals surface area contributed by atoms with Gasteiger partial charge in [-0.3, -0.25) is 0 Å². The Bertz CT molecular complexity index is 553. The number of benzene rings is 1. The summed E-state index contributed by atoms with van der Waals surface area (Å²) in [4.78, 5) is 0. The highest BCUT2D eigenvalue weighted by molar-refractivity contribution is 14.1. The molecule has 3 rings (SSSR count). The lowest BCUT2D eigenvalue weighted by Crippen LogP contribution is -2.22. The van der Waals surface area contributed by atoms with Crippen molar-refractivity contribution in [3.63, 3.8) is 0 Å². The molecule has 4 heteroatoms. The van der Waals surface area contributed by atoms with Crippen LogP contribution in [0.25, 0.3) is 0 Å². The molecule has 0 radical (unpaired) electrons. The third-order valence-corrected chi connectivity index (χ3v) is 11.7. The van der Waals surface area contributed by atoms with Gasteiger partial charge < -0.3 is 0 Å². The summed E-state index contributed by atoms with van der Waals surface area (Å²) in [7, 11) is -0.341. The maximum atomic E-state index is 13.8. The Morgan fingerprint density at radius 3 is 2.00 bits per heavy atom. The molecule has 0 N–H and O–H groups in total. The van der Waals surface area contributed by atoms with Crippen molar-refractivity contribution in [1.29, 1.82) is 0 Å². The van der Waals surface area contributed by atoms with E-state index in [2.05, 4.69) is 6.92 Å². The Kier molecular flexibility index (Phi) is 7.98. The number of hydrogen-bond donors (Lipinski definition) is 0. The average molecular weight is 490 g/mol. The van der Waals surface area contributed by atoms with E-state index in [1.807, 2.05) is 0 Å². The fourth-order valence-corrected chi connectivity index (χ4v) is 9.16. The fraction of sp³-hybridized carbons (Fsp3) is 0.727. The molecule has 0 unspecified atom stereocenters. The lowest BCUT2D eigenvalue weighted by atomic mass is 9.76. The van der Waals surface area contributed by atoms with Crippen LogP contribution in [0.4, 0.5) is 8.78 Å². The molecule has 1 aliphatic heterocycles. The largest absolute Gasteiger partial charge is 0.206 e. The monoisotopic (exact) mass is 490 g/mol. The molecular weight excluding hydrogens is 457 g/mol. The van der Waals surface area contributed by atoms with Gasteiger partial charge in [-0.1, -0.05) is 57.2 Å². The molecule has 1 saturated heterocycles. The fourth-order valence-electron chi connectivity index (χ4n) is 5.28. The van der Waals surface area contributed by atoms with Crippen molar-refractivity contribution in [3.8, 4) is 0 Å². The van der Waals surface area contributed by atoms with Gasteiger partial charge in [0.15, 0.2) is 0 Å². The summed E-state index contributed by atoms with van der Waals surface area (Å²) in [5, 5.41) is 0. The zero-order valence-corrected chi connectivity index (χ0v) is 19.4. The SMILES string of the molecule is CCC[Si@H]1CC[C@H](CC[C@H]2CC[C@H](c3cc(F)c(I)c(F)c3)CC2)CC1. The third kappa shape index (κ3) is 5.52. The first-order chi connectivity index (χ1) is 12.6. The van der Waals surface area contributed by atoms with Crippen LogP contribution in [-0.2, 0) is 0 Å². The van der Waals surface area contributed by atoms with E-state index in [9.17, 15) is 8.78 Å². The van der Waals surface area contributed by atoms with Gasteiger partial charge in [0.1, 0.15) is 11.6 Å². The van der Waals surface area contributed by atoms with Gasteiger partial charge in [0.2, 0.25) is 0 Å². The molecule has 1 aliphatic carbocycles. The minimum absolute atomic E-state index is 0.122. The molecule has 0 atom stereocenters. The molecule has 0 spiro atoms. The van der Waals surface area contributed by atoms with Crippen LogP contribution < -0.4 is 0 Å². The topological polar surface area (TPSA) is 0 Å². The van der Waals surface area contributed by atoms with Crippen LogP contribution in [0.3, 0.4) is 0 Å². The molecule has 0 nitrogen and oxygen atoms in total. The van der Waals surface area contributed by atoms with Crippen LogP contribution in [0.15, 0.2) is 12.1 Å². The van der Waals surface area contributed by atoms with Gasteiger partial charge in [-0.15, -0.1) is 0 Å². The predicted octanol–water partition coefficient (Wildman–Crippen LogP) is 7.67. The van der Waals surface area contributed by atoms with Crippen molar-refractivity contribution in [2.24, 2.45) is 11.8 Å². The van der Waals surface area contributed by atoms with Gasteiger partial charge >= 0.3 is 0 Å². The molecular formula is C22H33F2ISi. The van der Waals surface area contributed by atoms with Crippen molar-refractivity contribution < 1.29 is 8.78 Å². The molecule has 26 heavy (non-hydrogen) atoms. The first-order valence-corrected chi connectivity index (χ1v) is 14.2. The smallest absolute Gasteiger partial charge is 0.139 e. The highest BCUT2D eigenvalue weighted by atomic mass is 127. The summed E-state index contributed by atoms with van der Waals surface area (Å²) >= 11 is 1.75. The normalized spacial score (nSPS) is 29.7. The van der Waals surface area contributed by atoms with Crippen LogP contribution in [0, 0.1) is 27.0 Å². The second-order valence-electron chi connectivity index (χ2n) is 8.77. The second kappa shape index (κ2) is 9.99. The molecule has 146 valence electrons. The van der Waals surface area contributed by atoms with E-state index in [1.54, 1.807) is 52.9 Å². The van der Waals surface area contributed by atoms with E-state index >= 15 is 0 Å². The Morgan fingerprint density at radius 1 is 0.923 bits per heavy atom. The van der Waals surface area contributed by atoms with Gasteiger partial charge in [0.05, 0.1) is 3.57 Å². The zero-order valence-electron chi connectivity index (χ0n) is 16.1. The summed E-state index contributed by atoms with van der Waals surface area (Å²) in [5.41, 5.74) is 0.873. The van der Waals surface area contributed by atoms with Gasteiger partial charge in [0, 0.05) is 8.80 Å². The Labute approximate surface area is 173 Å². The molecule has 1 saturated carbocycles. The van der Waals surface area contributed by atoms with Gasteiger partial charge in [0.25, 0.3) is 0 Å². The summed E-state index contributed by atoms with van der Waals surface area (Å²) in [6, 6.07) is 7.88. The number of hydrogen-bond acceptors (Lipinski definition) is 0.